The quantitative estimate of drug-likeness (QED) is 0.840. The van der Waals surface area contributed by atoms with Crippen LogP contribution in [0.4, 0.5) is 0 Å². The van der Waals surface area contributed by atoms with Crippen LogP contribution in [0.15, 0.2) is 24.3 Å². The molecule has 1 atom stereocenters. The maximum absolute atomic E-state index is 5.67. The van der Waals surface area contributed by atoms with Crippen molar-refractivity contribution >= 4 is 28.2 Å². The molecule has 2 rings (SSSR count). The number of para-hydroxylation sites is 2. The van der Waals surface area contributed by atoms with Crippen LogP contribution in [-0.2, 0) is 6.42 Å². The number of nitrogens with two attached hydrogens (primary N) is 1. The highest BCUT2D eigenvalue weighted by Gasteiger charge is 2.15. The molecular formula is C14H19N3S. The summed E-state index contributed by atoms with van der Waals surface area (Å²) in [6.07, 6.45) is 2.85. The average molecular weight is 261 g/mol. The summed E-state index contributed by atoms with van der Waals surface area (Å²) in [6.45, 7) is 4.42. The molecule has 1 heterocycles. The van der Waals surface area contributed by atoms with E-state index in [9.17, 15) is 0 Å². The van der Waals surface area contributed by atoms with Crippen molar-refractivity contribution in [3.05, 3.63) is 30.1 Å². The monoisotopic (exact) mass is 261 g/mol. The van der Waals surface area contributed by atoms with Crippen molar-refractivity contribution in [2.75, 3.05) is 0 Å². The second kappa shape index (κ2) is 5.48. The fourth-order valence-corrected chi connectivity index (χ4v) is 2.54. The third kappa shape index (κ3) is 2.53. The van der Waals surface area contributed by atoms with Crippen molar-refractivity contribution in [3.8, 4) is 0 Å². The zero-order valence-electron chi connectivity index (χ0n) is 10.9. The van der Waals surface area contributed by atoms with Gasteiger partial charge in [0.1, 0.15) is 5.82 Å². The van der Waals surface area contributed by atoms with E-state index >= 15 is 0 Å². The number of aromatic nitrogens is 2. The minimum atomic E-state index is 0.423. The van der Waals surface area contributed by atoms with Crippen LogP contribution in [0.25, 0.3) is 11.0 Å². The summed E-state index contributed by atoms with van der Waals surface area (Å²) >= 11 is 5.02. The molecule has 0 bridgehead atoms. The highest BCUT2D eigenvalue weighted by atomic mass is 32.1. The molecule has 0 saturated heterocycles. The Labute approximate surface area is 113 Å². The number of rotatable bonds is 5. The van der Waals surface area contributed by atoms with Crippen molar-refractivity contribution in [2.24, 2.45) is 5.73 Å². The Morgan fingerprint density at radius 1 is 1.44 bits per heavy atom. The molecule has 2 N–H and O–H groups in total. The summed E-state index contributed by atoms with van der Waals surface area (Å²) in [7, 11) is 0. The van der Waals surface area contributed by atoms with Crippen molar-refractivity contribution in [3.63, 3.8) is 0 Å². The summed E-state index contributed by atoms with van der Waals surface area (Å²) in [5.74, 6) is 0.977. The van der Waals surface area contributed by atoms with Gasteiger partial charge in [0.15, 0.2) is 0 Å². The molecule has 18 heavy (non-hydrogen) atoms. The van der Waals surface area contributed by atoms with Gasteiger partial charge < -0.3 is 10.3 Å². The number of thiocarbonyl (C=S) groups is 1. The molecule has 0 saturated carbocycles. The smallest absolute Gasteiger partial charge is 0.116 e. The SMILES string of the molecule is CCCC(C)n1c(CC(N)=S)nc2ccccc21. The van der Waals surface area contributed by atoms with Crippen LogP contribution < -0.4 is 5.73 Å². The predicted octanol–water partition coefficient (Wildman–Crippen LogP) is 3.23. The fraction of sp³-hybridized carbons (Fsp3) is 0.429. The number of imidazole rings is 1. The molecule has 0 fully saturated rings. The molecule has 1 aromatic carbocycles. The normalized spacial score (nSPS) is 12.8. The topological polar surface area (TPSA) is 43.8 Å². The fourth-order valence-electron chi connectivity index (χ4n) is 2.41. The highest BCUT2D eigenvalue weighted by Crippen LogP contribution is 2.24. The summed E-state index contributed by atoms with van der Waals surface area (Å²) < 4.78 is 2.28. The van der Waals surface area contributed by atoms with Gasteiger partial charge in [0.05, 0.1) is 22.4 Å². The first-order valence-corrected chi connectivity index (χ1v) is 6.78. The van der Waals surface area contributed by atoms with Crippen LogP contribution in [-0.4, -0.2) is 14.5 Å². The Kier molecular flexibility index (Phi) is 3.97. The number of nitrogens with zero attached hydrogens (tertiary/aromatic N) is 2. The molecular weight excluding hydrogens is 242 g/mol. The maximum Gasteiger partial charge on any atom is 0.116 e. The van der Waals surface area contributed by atoms with Crippen molar-refractivity contribution in [1.29, 1.82) is 0 Å². The van der Waals surface area contributed by atoms with Crippen molar-refractivity contribution < 1.29 is 0 Å². The molecule has 0 spiro atoms. The Balaban J connectivity index is 2.53. The van der Waals surface area contributed by atoms with Crippen LogP contribution in [0.1, 0.15) is 38.6 Å². The van der Waals surface area contributed by atoms with Crippen LogP contribution in [0.2, 0.25) is 0 Å². The summed E-state index contributed by atoms with van der Waals surface area (Å²) in [5, 5.41) is 0. The van der Waals surface area contributed by atoms with Gasteiger partial charge in [0.2, 0.25) is 0 Å². The van der Waals surface area contributed by atoms with Crippen LogP contribution in [0.3, 0.4) is 0 Å². The average Bonchev–Trinajstić information content (AvgIpc) is 2.66. The lowest BCUT2D eigenvalue weighted by Gasteiger charge is -2.16. The molecule has 3 nitrogen and oxygen atoms in total. The van der Waals surface area contributed by atoms with Gasteiger partial charge in [-0.1, -0.05) is 37.7 Å². The molecule has 1 unspecified atom stereocenters. The zero-order valence-corrected chi connectivity index (χ0v) is 11.7. The van der Waals surface area contributed by atoms with Gasteiger partial charge in [-0.3, -0.25) is 0 Å². The van der Waals surface area contributed by atoms with E-state index in [-0.39, 0.29) is 0 Å². The van der Waals surface area contributed by atoms with E-state index in [1.54, 1.807) is 0 Å². The molecule has 4 heteroatoms. The predicted molar refractivity (Wildman–Crippen MR) is 79.8 cm³/mol. The van der Waals surface area contributed by atoms with E-state index in [0.29, 0.717) is 17.5 Å². The van der Waals surface area contributed by atoms with Gasteiger partial charge in [-0.25, -0.2) is 4.98 Å². The van der Waals surface area contributed by atoms with Crippen LogP contribution in [0.5, 0.6) is 0 Å². The Morgan fingerprint density at radius 2 is 2.17 bits per heavy atom. The minimum absolute atomic E-state index is 0.423. The van der Waals surface area contributed by atoms with Gasteiger partial charge in [-0.15, -0.1) is 0 Å². The van der Waals surface area contributed by atoms with E-state index in [4.69, 9.17) is 18.0 Å². The number of benzene rings is 1. The Hall–Kier alpha value is -1.42. The molecule has 0 radical (unpaired) electrons. The Bertz CT molecular complexity index is 559. The molecule has 0 aliphatic heterocycles. The van der Waals surface area contributed by atoms with Gasteiger partial charge >= 0.3 is 0 Å². The third-order valence-corrected chi connectivity index (χ3v) is 3.29. The summed E-state index contributed by atoms with van der Waals surface area (Å²) in [5.41, 5.74) is 7.86. The van der Waals surface area contributed by atoms with Gasteiger partial charge in [0.25, 0.3) is 0 Å². The number of fused-ring (bicyclic) bond motifs is 1. The maximum atomic E-state index is 5.67. The van der Waals surface area contributed by atoms with Crippen LogP contribution >= 0.6 is 12.2 Å². The van der Waals surface area contributed by atoms with E-state index in [0.717, 1.165) is 24.2 Å². The minimum Gasteiger partial charge on any atom is -0.393 e. The van der Waals surface area contributed by atoms with Crippen molar-refractivity contribution in [2.45, 2.75) is 39.2 Å². The second-order valence-corrected chi connectivity index (χ2v) is 5.19. The molecule has 2 aromatic rings. The van der Waals surface area contributed by atoms with E-state index in [1.165, 1.54) is 5.52 Å². The standard InChI is InChI=1S/C14H19N3S/c1-3-6-10(2)17-12-8-5-4-7-11(12)16-14(17)9-13(15)18/h4-5,7-8,10H,3,6,9H2,1-2H3,(H2,15,18). The third-order valence-electron chi connectivity index (χ3n) is 3.15. The van der Waals surface area contributed by atoms with Crippen molar-refractivity contribution in [1.82, 2.24) is 9.55 Å². The summed E-state index contributed by atoms with van der Waals surface area (Å²) in [4.78, 5) is 5.15. The first-order valence-electron chi connectivity index (χ1n) is 6.37. The molecule has 96 valence electrons. The van der Waals surface area contributed by atoms with E-state index < -0.39 is 0 Å². The molecule has 0 amide bonds. The molecule has 1 aromatic heterocycles. The second-order valence-electron chi connectivity index (χ2n) is 4.67. The lowest BCUT2D eigenvalue weighted by Crippen LogP contribution is -2.17. The number of hydrogen-bond donors (Lipinski definition) is 1. The Morgan fingerprint density at radius 3 is 2.83 bits per heavy atom. The van der Waals surface area contributed by atoms with E-state index in [2.05, 4.69) is 29.5 Å². The van der Waals surface area contributed by atoms with E-state index in [1.807, 2.05) is 18.2 Å². The van der Waals surface area contributed by atoms with Gasteiger partial charge in [-0.2, -0.15) is 0 Å². The first kappa shape index (κ1) is 13.0. The number of hydrogen-bond acceptors (Lipinski definition) is 2. The van der Waals surface area contributed by atoms with Gasteiger partial charge in [0, 0.05) is 6.04 Å². The highest BCUT2D eigenvalue weighted by molar-refractivity contribution is 7.80. The van der Waals surface area contributed by atoms with Crippen LogP contribution in [0, 0.1) is 0 Å². The zero-order chi connectivity index (χ0) is 13.1. The largest absolute Gasteiger partial charge is 0.393 e. The first-order chi connectivity index (χ1) is 8.63. The van der Waals surface area contributed by atoms with Gasteiger partial charge in [-0.05, 0) is 25.5 Å². The molecule has 0 aliphatic rings. The lowest BCUT2D eigenvalue weighted by atomic mass is 10.2. The lowest BCUT2D eigenvalue weighted by molar-refractivity contribution is 0.499. The molecule has 0 aliphatic carbocycles. The summed E-state index contributed by atoms with van der Waals surface area (Å²) in [6, 6.07) is 8.62.